The molecule has 0 bridgehead atoms. The SMILES string of the molecule is C=CCC(O)(C(=O)OC)c1ccccc1. The van der Waals surface area contributed by atoms with Gasteiger partial charge in [-0.15, -0.1) is 6.58 Å². The molecule has 80 valence electrons. The van der Waals surface area contributed by atoms with E-state index >= 15 is 0 Å². The molecule has 0 radical (unpaired) electrons. The fourth-order valence-corrected chi connectivity index (χ4v) is 1.41. The predicted molar refractivity (Wildman–Crippen MR) is 57.2 cm³/mol. The van der Waals surface area contributed by atoms with Crippen LogP contribution in [0.3, 0.4) is 0 Å². The third-order valence-electron chi connectivity index (χ3n) is 2.21. The van der Waals surface area contributed by atoms with Crippen molar-refractivity contribution in [1.82, 2.24) is 0 Å². The molecule has 0 spiro atoms. The molecule has 1 unspecified atom stereocenters. The lowest BCUT2D eigenvalue weighted by Gasteiger charge is -2.24. The minimum absolute atomic E-state index is 0.129. The lowest BCUT2D eigenvalue weighted by atomic mass is 9.90. The van der Waals surface area contributed by atoms with E-state index in [1.807, 2.05) is 6.07 Å². The number of methoxy groups -OCH3 is 1. The third-order valence-corrected chi connectivity index (χ3v) is 2.21. The maximum atomic E-state index is 11.5. The molecule has 0 aliphatic carbocycles. The summed E-state index contributed by atoms with van der Waals surface area (Å²) in [6.07, 6.45) is 1.62. The van der Waals surface area contributed by atoms with Gasteiger partial charge in [-0.25, -0.2) is 4.79 Å². The Kier molecular flexibility index (Phi) is 3.63. The van der Waals surface area contributed by atoms with Crippen LogP contribution in [0.15, 0.2) is 43.0 Å². The van der Waals surface area contributed by atoms with Crippen molar-refractivity contribution >= 4 is 5.97 Å². The molecule has 0 aromatic heterocycles. The van der Waals surface area contributed by atoms with Gasteiger partial charge in [-0.2, -0.15) is 0 Å². The van der Waals surface area contributed by atoms with E-state index in [2.05, 4.69) is 11.3 Å². The molecule has 1 rings (SSSR count). The Bertz CT molecular complexity index is 345. The van der Waals surface area contributed by atoms with Crippen molar-refractivity contribution in [2.45, 2.75) is 12.0 Å². The van der Waals surface area contributed by atoms with Crippen molar-refractivity contribution < 1.29 is 14.6 Å². The number of rotatable bonds is 4. The van der Waals surface area contributed by atoms with Gasteiger partial charge >= 0.3 is 5.97 Å². The summed E-state index contributed by atoms with van der Waals surface area (Å²) in [5.74, 6) is -0.673. The molecule has 15 heavy (non-hydrogen) atoms. The Morgan fingerprint density at radius 3 is 2.60 bits per heavy atom. The highest BCUT2D eigenvalue weighted by Gasteiger charge is 2.37. The van der Waals surface area contributed by atoms with Crippen LogP contribution in [0, 0.1) is 0 Å². The topological polar surface area (TPSA) is 46.5 Å². The molecule has 0 fully saturated rings. The largest absolute Gasteiger partial charge is 0.467 e. The maximum Gasteiger partial charge on any atom is 0.342 e. The van der Waals surface area contributed by atoms with Gasteiger partial charge in [0.15, 0.2) is 5.60 Å². The smallest absolute Gasteiger partial charge is 0.342 e. The molecular formula is C12H14O3. The van der Waals surface area contributed by atoms with Crippen molar-refractivity contribution in [3.8, 4) is 0 Å². The molecule has 1 aromatic rings. The lowest BCUT2D eigenvalue weighted by molar-refractivity contribution is -0.163. The zero-order valence-electron chi connectivity index (χ0n) is 8.64. The highest BCUT2D eigenvalue weighted by Crippen LogP contribution is 2.26. The molecule has 0 aliphatic heterocycles. The van der Waals surface area contributed by atoms with Gasteiger partial charge < -0.3 is 9.84 Å². The van der Waals surface area contributed by atoms with Crippen LogP contribution in [0.5, 0.6) is 0 Å². The number of benzene rings is 1. The van der Waals surface area contributed by atoms with Crippen molar-refractivity contribution in [2.24, 2.45) is 0 Å². The van der Waals surface area contributed by atoms with Crippen LogP contribution >= 0.6 is 0 Å². The first-order chi connectivity index (χ1) is 7.15. The summed E-state index contributed by atoms with van der Waals surface area (Å²) < 4.78 is 4.59. The van der Waals surface area contributed by atoms with E-state index in [1.54, 1.807) is 24.3 Å². The molecule has 1 aromatic carbocycles. The number of carbonyl (C=O) groups is 1. The van der Waals surface area contributed by atoms with Gasteiger partial charge in [0, 0.05) is 6.42 Å². The van der Waals surface area contributed by atoms with Crippen molar-refractivity contribution in [2.75, 3.05) is 7.11 Å². The summed E-state index contributed by atoms with van der Waals surface area (Å²) in [6.45, 7) is 3.52. The molecule has 0 saturated carbocycles. The fourth-order valence-electron chi connectivity index (χ4n) is 1.41. The Morgan fingerprint density at radius 1 is 1.53 bits per heavy atom. The summed E-state index contributed by atoms with van der Waals surface area (Å²) in [5, 5.41) is 10.2. The Hall–Kier alpha value is -1.61. The van der Waals surface area contributed by atoms with E-state index in [4.69, 9.17) is 0 Å². The van der Waals surface area contributed by atoms with E-state index in [1.165, 1.54) is 13.2 Å². The summed E-state index contributed by atoms with van der Waals surface area (Å²) in [7, 11) is 1.25. The molecular weight excluding hydrogens is 192 g/mol. The minimum Gasteiger partial charge on any atom is -0.467 e. The number of esters is 1. The predicted octanol–water partition coefficient (Wildman–Crippen LogP) is 1.62. The summed E-state index contributed by atoms with van der Waals surface area (Å²) in [6, 6.07) is 8.69. The van der Waals surface area contributed by atoms with Gasteiger partial charge in [0.05, 0.1) is 7.11 Å². The fraction of sp³-hybridized carbons (Fsp3) is 0.250. The highest BCUT2D eigenvalue weighted by atomic mass is 16.5. The van der Waals surface area contributed by atoms with E-state index in [0.717, 1.165) is 0 Å². The van der Waals surface area contributed by atoms with Gasteiger partial charge in [0.2, 0.25) is 0 Å². The normalized spacial score (nSPS) is 14.0. The van der Waals surface area contributed by atoms with Gasteiger partial charge in [-0.05, 0) is 5.56 Å². The number of ether oxygens (including phenoxy) is 1. The summed E-state index contributed by atoms with van der Waals surface area (Å²) in [4.78, 5) is 11.5. The quantitative estimate of drug-likeness (QED) is 0.601. The molecule has 1 atom stereocenters. The van der Waals surface area contributed by atoms with Crippen LogP contribution in [0.2, 0.25) is 0 Å². The van der Waals surface area contributed by atoms with Gasteiger partial charge in [-0.3, -0.25) is 0 Å². The first-order valence-corrected chi connectivity index (χ1v) is 4.62. The van der Waals surface area contributed by atoms with E-state index in [0.29, 0.717) is 5.56 Å². The monoisotopic (exact) mass is 206 g/mol. The third kappa shape index (κ3) is 2.25. The van der Waals surface area contributed by atoms with Crippen LogP contribution in [0.25, 0.3) is 0 Å². The Balaban J connectivity index is 3.12. The zero-order valence-corrected chi connectivity index (χ0v) is 8.64. The zero-order chi connectivity index (χ0) is 11.3. The second-order valence-corrected chi connectivity index (χ2v) is 3.21. The Morgan fingerprint density at radius 2 is 2.13 bits per heavy atom. The second-order valence-electron chi connectivity index (χ2n) is 3.21. The van der Waals surface area contributed by atoms with Gasteiger partial charge in [-0.1, -0.05) is 36.4 Å². The van der Waals surface area contributed by atoms with Crippen molar-refractivity contribution in [1.29, 1.82) is 0 Å². The number of carbonyl (C=O) groups excluding carboxylic acids is 1. The van der Waals surface area contributed by atoms with E-state index in [9.17, 15) is 9.90 Å². The van der Waals surface area contributed by atoms with Crippen LogP contribution in [0.1, 0.15) is 12.0 Å². The second kappa shape index (κ2) is 4.75. The number of hydrogen-bond acceptors (Lipinski definition) is 3. The van der Waals surface area contributed by atoms with E-state index < -0.39 is 11.6 Å². The van der Waals surface area contributed by atoms with Gasteiger partial charge in [0.1, 0.15) is 0 Å². The minimum atomic E-state index is -1.63. The summed E-state index contributed by atoms with van der Waals surface area (Å²) >= 11 is 0. The molecule has 0 heterocycles. The summed E-state index contributed by atoms with van der Waals surface area (Å²) in [5.41, 5.74) is -1.12. The average molecular weight is 206 g/mol. The molecule has 0 saturated heterocycles. The van der Waals surface area contributed by atoms with Crippen molar-refractivity contribution in [3.63, 3.8) is 0 Å². The average Bonchev–Trinajstić information content (AvgIpc) is 2.29. The van der Waals surface area contributed by atoms with Crippen LogP contribution < -0.4 is 0 Å². The molecule has 0 aliphatic rings. The molecule has 0 amide bonds. The lowest BCUT2D eigenvalue weighted by Crippen LogP contribution is -2.36. The Labute approximate surface area is 89.0 Å². The molecule has 1 N–H and O–H groups in total. The maximum absolute atomic E-state index is 11.5. The van der Waals surface area contributed by atoms with Crippen LogP contribution in [0.4, 0.5) is 0 Å². The number of hydrogen-bond donors (Lipinski definition) is 1. The number of aliphatic hydroxyl groups is 1. The first-order valence-electron chi connectivity index (χ1n) is 4.62. The van der Waals surface area contributed by atoms with Gasteiger partial charge in [0.25, 0.3) is 0 Å². The molecule has 3 heteroatoms. The van der Waals surface area contributed by atoms with E-state index in [-0.39, 0.29) is 6.42 Å². The standard InChI is InChI=1S/C12H14O3/c1-3-9-12(14,11(13)15-2)10-7-5-4-6-8-10/h3-8,14H,1,9H2,2H3. The highest BCUT2D eigenvalue weighted by molar-refractivity contribution is 5.81. The molecule has 3 nitrogen and oxygen atoms in total. The van der Waals surface area contributed by atoms with Crippen LogP contribution in [-0.4, -0.2) is 18.2 Å². The van der Waals surface area contributed by atoms with Crippen LogP contribution in [-0.2, 0) is 15.1 Å². The van der Waals surface area contributed by atoms with Crippen molar-refractivity contribution in [3.05, 3.63) is 48.6 Å². The first kappa shape index (κ1) is 11.5.